The molecule has 0 saturated carbocycles. The number of hydrogen-bond acceptors (Lipinski definition) is 4. The smallest absolute Gasteiger partial charge is 0.328 e. The minimum atomic E-state index is -1.19. The van der Waals surface area contributed by atoms with Gasteiger partial charge in [-0.3, -0.25) is 9.79 Å². The zero-order chi connectivity index (χ0) is 13.5. The molecule has 1 aromatic carbocycles. The van der Waals surface area contributed by atoms with E-state index in [0.29, 0.717) is 5.56 Å². The van der Waals surface area contributed by atoms with Gasteiger partial charge in [0.25, 0.3) is 0 Å². The van der Waals surface area contributed by atoms with Crippen LogP contribution in [0.1, 0.15) is 18.4 Å². The zero-order valence-corrected chi connectivity index (χ0v) is 9.48. The lowest BCUT2D eigenvalue weighted by Crippen LogP contribution is -2.19. The van der Waals surface area contributed by atoms with Gasteiger partial charge in [-0.1, -0.05) is 12.1 Å². The Morgan fingerprint density at radius 3 is 2.50 bits per heavy atom. The van der Waals surface area contributed by atoms with Crippen molar-refractivity contribution in [2.75, 3.05) is 0 Å². The molecular weight excluding hydrogens is 238 g/mol. The molecular formula is C12H13NO5. The van der Waals surface area contributed by atoms with Gasteiger partial charge in [0.05, 0.1) is 0 Å². The van der Waals surface area contributed by atoms with Crippen LogP contribution in [-0.2, 0) is 9.59 Å². The summed E-state index contributed by atoms with van der Waals surface area (Å²) in [6.07, 6.45) is 0.875. The molecule has 0 unspecified atom stereocenters. The second kappa shape index (κ2) is 6.39. The van der Waals surface area contributed by atoms with Crippen LogP contribution in [0.5, 0.6) is 5.75 Å². The van der Waals surface area contributed by atoms with E-state index >= 15 is 0 Å². The largest absolute Gasteiger partial charge is 0.507 e. The van der Waals surface area contributed by atoms with Gasteiger partial charge in [-0.25, -0.2) is 4.79 Å². The summed E-state index contributed by atoms with van der Waals surface area (Å²) in [4.78, 5) is 25.0. The normalized spacial score (nSPS) is 12.4. The van der Waals surface area contributed by atoms with E-state index in [1.54, 1.807) is 18.2 Å². The van der Waals surface area contributed by atoms with Crippen LogP contribution in [0.4, 0.5) is 0 Å². The van der Waals surface area contributed by atoms with E-state index in [1.165, 1.54) is 12.3 Å². The fourth-order valence-electron chi connectivity index (χ4n) is 1.29. The third-order valence-electron chi connectivity index (χ3n) is 2.25. The second-order valence-corrected chi connectivity index (χ2v) is 3.62. The lowest BCUT2D eigenvalue weighted by Gasteiger charge is -2.05. The molecule has 0 aromatic heterocycles. The Bertz CT molecular complexity index is 469. The Balaban J connectivity index is 2.74. The molecule has 6 nitrogen and oxygen atoms in total. The van der Waals surface area contributed by atoms with E-state index in [2.05, 4.69) is 4.99 Å². The van der Waals surface area contributed by atoms with Gasteiger partial charge in [0.1, 0.15) is 11.8 Å². The number of carboxylic acid groups (broad SMARTS) is 2. The average molecular weight is 251 g/mol. The van der Waals surface area contributed by atoms with Crippen molar-refractivity contribution in [3.63, 3.8) is 0 Å². The number of rotatable bonds is 6. The minimum Gasteiger partial charge on any atom is -0.507 e. The number of benzene rings is 1. The molecule has 0 bridgehead atoms. The first kappa shape index (κ1) is 13.7. The molecule has 0 aliphatic rings. The lowest BCUT2D eigenvalue weighted by atomic mass is 10.1. The molecule has 0 spiro atoms. The van der Waals surface area contributed by atoms with E-state index in [4.69, 9.17) is 10.2 Å². The number of carbonyl (C=O) groups is 2. The highest BCUT2D eigenvalue weighted by Crippen LogP contribution is 2.13. The second-order valence-electron chi connectivity index (χ2n) is 3.62. The van der Waals surface area contributed by atoms with Gasteiger partial charge in [-0.2, -0.15) is 0 Å². The average Bonchev–Trinajstić information content (AvgIpc) is 2.30. The van der Waals surface area contributed by atoms with E-state index in [1.807, 2.05) is 0 Å². The molecule has 0 aliphatic carbocycles. The van der Waals surface area contributed by atoms with Crippen molar-refractivity contribution in [2.24, 2.45) is 4.99 Å². The van der Waals surface area contributed by atoms with Crippen LogP contribution in [0.2, 0.25) is 0 Å². The highest BCUT2D eigenvalue weighted by molar-refractivity contribution is 5.86. The van der Waals surface area contributed by atoms with Crippen molar-refractivity contribution in [1.29, 1.82) is 0 Å². The summed E-state index contributed by atoms with van der Waals surface area (Å²) in [6, 6.07) is 5.21. The summed E-state index contributed by atoms with van der Waals surface area (Å²) in [5.41, 5.74) is 0.388. The first-order chi connectivity index (χ1) is 8.50. The van der Waals surface area contributed by atoms with E-state index < -0.39 is 18.0 Å². The molecule has 96 valence electrons. The molecule has 1 atom stereocenters. The number of phenolic OH excluding ortho intramolecular Hbond substituents is 1. The zero-order valence-electron chi connectivity index (χ0n) is 9.48. The van der Waals surface area contributed by atoms with Crippen LogP contribution in [0, 0.1) is 0 Å². The quantitative estimate of drug-likeness (QED) is 0.657. The summed E-state index contributed by atoms with van der Waals surface area (Å²) in [6.45, 7) is 0. The number of aliphatic carboxylic acids is 2. The van der Waals surface area contributed by atoms with E-state index in [9.17, 15) is 14.7 Å². The van der Waals surface area contributed by atoms with Gasteiger partial charge in [-0.05, 0) is 18.6 Å². The number of para-hydroxylation sites is 1. The molecule has 0 fully saturated rings. The van der Waals surface area contributed by atoms with Crippen LogP contribution >= 0.6 is 0 Å². The fourth-order valence-corrected chi connectivity index (χ4v) is 1.29. The number of aromatic hydroxyl groups is 1. The van der Waals surface area contributed by atoms with Crippen LogP contribution in [-0.4, -0.2) is 39.5 Å². The Morgan fingerprint density at radius 2 is 1.94 bits per heavy atom. The highest BCUT2D eigenvalue weighted by atomic mass is 16.4. The van der Waals surface area contributed by atoms with Crippen molar-refractivity contribution in [1.82, 2.24) is 0 Å². The summed E-state index contributed by atoms with van der Waals surface area (Å²) in [5, 5.41) is 26.8. The predicted octanol–water partition coefficient (Wildman–Crippen LogP) is 1.13. The number of nitrogens with zero attached hydrogens (tertiary/aromatic N) is 1. The third kappa shape index (κ3) is 4.25. The first-order valence-electron chi connectivity index (χ1n) is 5.26. The number of aliphatic imine (C=N–C) groups is 1. The summed E-state index contributed by atoms with van der Waals surface area (Å²) in [7, 11) is 0. The molecule has 0 heterocycles. The minimum absolute atomic E-state index is 0.0105. The molecule has 6 heteroatoms. The Morgan fingerprint density at radius 1 is 1.28 bits per heavy atom. The van der Waals surface area contributed by atoms with Crippen molar-refractivity contribution in [3.05, 3.63) is 29.8 Å². The van der Waals surface area contributed by atoms with Gasteiger partial charge in [0.15, 0.2) is 0 Å². The molecule has 0 aliphatic heterocycles. The van der Waals surface area contributed by atoms with Crippen LogP contribution < -0.4 is 0 Å². The first-order valence-corrected chi connectivity index (χ1v) is 5.26. The molecule has 0 radical (unpaired) electrons. The van der Waals surface area contributed by atoms with Gasteiger partial charge >= 0.3 is 11.9 Å². The van der Waals surface area contributed by atoms with Gasteiger partial charge < -0.3 is 15.3 Å². The van der Waals surface area contributed by atoms with Crippen LogP contribution in [0.3, 0.4) is 0 Å². The Labute approximate surface area is 103 Å². The van der Waals surface area contributed by atoms with Crippen LogP contribution in [0.15, 0.2) is 29.3 Å². The number of carboxylic acids is 2. The number of hydrogen-bond donors (Lipinski definition) is 3. The topological polar surface area (TPSA) is 107 Å². The SMILES string of the molecule is O=C(O)CC[C@H](N=Cc1ccccc1O)C(=O)O. The molecule has 1 rings (SSSR count). The summed E-state index contributed by atoms with van der Waals surface area (Å²) >= 11 is 0. The summed E-state index contributed by atoms with van der Waals surface area (Å²) < 4.78 is 0. The van der Waals surface area contributed by atoms with Crippen molar-refractivity contribution >= 4 is 18.2 Å². The Hall–Kier alpha value is -2.37. The third-order valence-corrected chi connectivity index (χ3v) is 2.25. The molecule has 0 saturated heterocycles. The van der Waals surface area contributed by atoms with Gasteiger partial charge in [-0.15, -0.1) is 0 Å². The molecule has 0 amide bonds. The maximum atomic E-state index is 10.8. The standard InChI is InChI=1S/C12H13NO5/c14-10-4-2-1-3-8(10)7-13-9(12(17)18)5-6-11(15)16/h1-4,7,9,14H,5-6H2,(H,15,16)(H,17,18)/t9-/m0/s1. The van der Waals surface area contributed by atoms with Crippen molar-refractivity contribution in [2.45, 2.75) is 18.9 Å². The monoisotopic (exact) mass is 251 g/mol. The number of phenols is 1. The maximum Gasteiger partial charge on any atom is 0.328 e. The molecule has 18 heavy (non-hydrogen) atoms. The summed E-state index contributed by atoms with van der Waals surface area (Å²) in [5.74, 6) is -2.27. The van der Waals surface area contributed by atoms with Crippen molar-refractivity contribution < 1.29 is 24.9 Å². The highest BCUT2D eigenvalue weighted by Gasteiger charge is 2.16. The molecule has 3 N–H and O–H groups in total. The van der Waals surface area contributed by atoms with Gasteiger partial charge in [0, 0.05) is 18.2 Å². The van der Waals surface area contributed by atoms with E-state index in [0.717, 1.165) is 0 Å². The predicted molar refractivity (Wildman–Crippen MR) is 64.0 cm³/mol. The fraction of sp³-hybridized carbons (Fsp3) is 0.250. The molecule has 1 aromatic rings. The van der Waals surface area contributed by atoms with E-state index in [-0.39, 0.29) is 18.6 Å². The van der Waals surface area contributed by atoms with Crippen LogP contribution in [0.25, 0.3) is 0 Å². The maximum absolute atomic E-state index is 10.8. The lowest BCUT2D eigenvalue weighted by molar-refractivity contribution is -0.139. The Kier molecular flexibility index (Phi) is 4.86. The van der Waals surface area contributed by atoms with Gasteiger partial charge in [0.2, 0.25) is 0 Å². The van der Waals surface area contributed by atoms with Crippen molar-refractivity contribution in [3.8, 4) is 5.75 Å².